The minimum absolute atomic E-state index is 0.0833. The Morgan fingerprint density at radius 1 is 1.30 bits per heavy atom. The largest absolute Gasteiger partial charge is 0.358 e. The number of carbonyl (C=O) groups is 2. The van der Waals surface area contributed by atoms with E-state index in [1.165, 1.54) is 17.7 Å². The minimum Gasteiger partial charge on any atom is -0.358 e. The van der Waals surface area contributed by atoms with Crippen molar-refractivity contribution in [2.75, 3.05) is 13.6 Å². The second kappa shape index (κ2) is 5.41. The van der Waals surface area contributed by atoms with Crippen molar-refractivity contribution in [3.05, 3.63) is 35.0 Å². The van der Waals surface area contributed by atoms with E-state index in [1.54, 1.807) is 7.05 Å². The topological polar surface area (TPSA) is 65.2 Å². The maximum absolute atomic E-state index is 12.5. The van der Waals surface area contributed by atoms with Gasteiger partial charge in [-0.2, -0.15) is 0 Å². The summed E-state index contributed by atoms with van der Waals surface area (Å²) in [6, 6.07) is 5.72. The molecule has 5 nitrogen and oxygen atoms in total. The van der Waals surface area contributed by atoms with E-state index >= 15 is 0 Å². The van der Waals surface area contributed by atoms with Crippen LogP contribution in [0.4, 0.5) is 0 Å². The number of hydrogen-bond acceptors (Lipinski definition) is 2. The Bertz CT molecular complexity index is 789. The van der Waals surface area contributed by atoms with Gasteiger partial charge in [0.05, 0.1) is 0 Å². The summed E-state index contributed by atoms with van der Waals surface area (Å²) >= 11 is 0. The maximum Gasteiger partial charge on any atom is 0.251 e. The molecule has 2 aliphatic rings. The van der Waals surface area contributed by atoms with Gasteiger partial charge in [-0.25, -0.2) is 0 Å². The van der Waals surface area contributed by atoms with Gasteiger partial charge in [0.2, 0.25) is 5.91 Å². The predicted molar refractivity (Wildman–Crippen MR) is 88.2 cm³/mol. The second-order valence-corrected chi connectivity index (χ2v) is 6.56. The first-order valence-electron chi connectivity index (χ1n) is 8.31. The molecule has 0 radical (unpaired) electrons. The Morgan fingerprint density at radius 2 is 2.13 bits per heavy atom. The van der Waals surface area contributed by atoms with E-state index in [0.717, 1.165) is 36.7 Å². The van der Waals surface area contributed by atoms with Crippen LogP contribution >= 0.6 is 0 Å². The van der Waals surface area contributed by atoms with Gasteiger partial charge < -0.3 is 15.2 Å². The number of fused-ring (bicyclic) bond motifs is 3. The average molecular weight is 311 g/mol. The standard InChI is InChI=1S/C18H21N3O2/c1-19-17(22)12-5-6-15-13(9-12)14-10-21(8-7-16(14)20-15)18(23)11-3-2-4-11/h5-6,9,11,20H,2-4,7-8,10H2,1H3,(H,19,22). The quantitative estimate of drug-likeness (QED) is 0.893. The first-order valence-corrected chi connectivity index (χ1v) is 8.31. The second-order valence-electron chi connectivity index (χ2n) is 6.56. The van der Waals surface area contributed by atoms with Gasteiger partial charge in [-0.15, -0.1) is 0 Å². The van der Waals surface area contributed by atoms with Gasteiger partial charge in [0.25, 0.3) is 5.91 Å². The first-order chi connectivity index (χ1) is 11.2. The third-order valence-corrected chi connectivity index (χ3v) is 5.23. The van der Waals surface area contributed by atoms with Crippen LogP contribution in [0.15, 0.2) is 18.2 Å². The summed E-state index contributed by atoms with van der Waals surface area (Å²) in [5.74, 6) is 0.460. The van der Waals surface area contributed by atoms with Gasteiger partial charge in [-0.3, -0.25) is 9.59 Å². The van der Waals surface area contributed by atoms with E-state index < -0.39 is 0 Å². The summed E-state index contributed by atoms with van der Waals surface area (Å²) in [5, 5.41) is 3.72. The lowest BCUT2D eigenvalue weighted by Crippen LogP contribution is -2.41. The van der Waals surface area contributed by atoms with E-state index in [0.29, 0.717) is 18.0 Å². The van der Waals surface area contributed by atoms with E-state index in [2.05, 4.69) is 10.3 Å². The van der Waals surface area contributed by atoms with Crippen LogP contribution in [0, 0.1) is 5.92 Å². The van der Waals surface area contributed by atoms with Crippen LogP contribution in [-0.2, 0) is 17.8 Å². The molecule has 5 heteroatoms. The van der Waals surface area contributed by atoms with Crippen molar-refractivity contribution in [3.63, 3.8) is 0 Å². The molecule has 0 saturated heterocycles. The van der Waals surface area contributed by atoms with E-state index in [-0.39, 0.29) is 11.8 Å². The van der Waals surface area contributed by atoms with Crippen molar-refractivity contribution in [2.45, 2.75) is 32.2 Å². The highest BCUT2D eigenvalue weighted by Gasteiger charge is 2.32. The molecule has 1 aromatic carbocycles. The summed E-state index contributed by atoms with van der Waals surface area (Å²) in [5.41, 5.74) is 4.07. The van der Waals surface area contributed by atoms with E-state index in [4.69, 9.17) is 0 Å². The molecule has 2 aromatic rings. The molecule has 4 rings (SSSR count). The molecule has 0 bridgehead atoms. The van der Waals surface area contributed by atoms with Crippen LogP contribution in [0.25, 0.3) is 10.9 Å². The molecular formula is C18H21N3O2. The van der Waals surface area contributed by atoms with Gasteiger partial charge in [0.15, 0.2) is 0 Å². The lowest BCUT2D eigenvalue weighted by atomic mass is 9.84. The lowest BCUT2D eigenvalue weighted by Gasteiger charge is -2.34. The molecule has 1 aliphatic carbocycles. The molecule has 2 amide bonds. The molecule has 2 heterocycles. The first kappa shape index (κ1) is 14.3. The fraction of sp³-hybridized carbons (Fsp3) is 0.444. The number of hydrogen-bond donors (Lipinski definition) is 2. The number of rotatable bonds is 2. The molecular weight excluding hydrogens is 290 g/mol. The zero-order valence-electron chi connectivity index (χ0n) is 13.3. The molecule has 1 aromatic heterocycles. The molecule has 120 valence electrons. The Morgan fingerprint density at radius 3 is 2.83 bits per heavy atom. The smallest absolute Gasteiger partial charge is 0.251 e. The summed E-state index contributed by atoms with van der Waals surface area (Å²) in [6.45, 7) is 1.44. The fourth-order valence-corrected chi connectivity index (χ4v) is 3.60. The van der Waals surface area contributed by atoms with Crippen LogP contribution in [0.2, 0.25) is 0 Å². The van der Waals surface area contributed by atoms with Crippen molar-refractivity contribution in [2.24, 2.45) is 5.92 Å². The molecule has 1 aliphatic heterocycles. The lowest BCUT2D eigenvalue weighted by molar-refractivity contribution is -0.139. The predicted octanol–water partition coefficient (Wildman–Crippen LogP) is 2.21. The van der Waals surface area contributed by atoms with Gasteiger partial charge in [-0.05, 0) is 31.0 Å². The number of aromatic nitrogens is 1. The zero-order valence-corrected chi connectivity index (χ0v) is 13.3. The fourth-order valence-electron chi connectivity index (χ4n) is 3.60. The molecule has 0 atom stereocenters. The average Bonchev–Trinajstić information content (AvgIpc) is 2.89. The molecule has 23 heavy (non-hydrogen) atoms. The van der Waals surface area contributed by atoms with Gasteiger partial charge >= 0.3 is 0 Å². The Balaban J connectivity index is 1.68. The molecule has 2 N–H and O–H groups in total. The Hall–Kier alpha value is -2.30. The minimum atomic E-state index is -0.0833. The maximum atomic E-state index is 12.5. The van der Waals surface area contributed by atoms with Crippen LogP contribution in [0.5, 0.6) is 0 Å². The van der Waals surface area contributed by atoms with Gasteiger partial charge in [0.1, 0.15) is 0 Å². The molecule has 0 spiro atoms. The molecule has 1 saturated carbocycles. The monoisotopic (exact) mass is 311 g/mol. The van der Waals surface area contributed by atoms with Crippen molar-refractivity contribution >= 4 is 22.7 Å². The van der Waals surface area contributed by atoms with Crippen LogP contribution in [0.1, 0.15) is 40.9 Å². The number of aromatic amines is 1. The summed E-state index contributed by atoms with van der Waals surface area (Å²) in [4.78, 5) is 29.8. The van der Waals surface area contributed by atoms with Crippen LogP contribution in [-0.4, -0.2) is 35.3 Å². The van der Waals surface area contributed by atoms with Crippen molar-refractivity contribution in [1.82, 2.24) is 15.2 Å². The Kier molecular flexibility index (Phi) is 3.36. The summed E-state index contributed by atoms with van der Waals surface area (Å²) in [7, 11) is 1.64. The number of benzene rings is 1. The highest BCUT2D eigenvalue weighted by molar-refractivity contribution is 5.99. The highest BCUT2D eigenvalue weighted by Crippen LogP contribution is 2.33. The van der Waals surface area contributed by atoms with Crippen molar-refractivity contribution in [1.29, 1.82) is 0 Å². The summed E-state index contributed by atoms with van der Waals surface area (Å²) in [6.07, 6.45) is 4.11. The normalized spacial score (nSPS) is 17.7. The van der Waals surface area contributed by atoms with Crippen LogP contribution < -0.4 is 5.32 Å². The van der Waals surface area contributed by atoms with E-state index in [1.807, 2.05) is 23.1 Å². The van der Waals surface area contributed by atoms with Crippen LogP contribution in [0.3, 0.4) is 0 Å². The molecule has 1 fully saturated rings. The van der Waals surface area contributed by atoms with Gasteiger partial charge in [0, 0.05) is 60.2 Å². The number of amides is 2. The number of H-pyrrole nitrogens is 1. The van der Waals surface area contributed by atoms with Crippen molar-refractivity contribution in [3.8, 4) is 0 Å². The zero-order chi connectivity index (χ0) is 16.0. The summed E-state index contributed by atoms with van der Waals surface area (Å²) < 4.78 is 0. The number of nitrogens with zero attached hydrogens (tertiary/aromatic N) is 1. The third-order valence-electron chi connectivity index (χ3n) is 5.23. The third kappa shape index (κ3) is 2.31. The highest BCUT2D eigenvalue weighted by atomic mass is 16.2. The van der Waals surface area contributed by atoms with E-state index in [9.17, 15) is 9.59 Å². The SMILES string of the molecule is CNC(=O)c1ccc2[nH]c3c(c2c1)CN(C(=O)C1CCC1)CC3. The number of nitrogens with one attached hydrogen (secondary N) is 2. The van der Waals surface area contributed by atoms with Crippen molar-refractivity contribution < 1.29 is 9.59 Å². The molecule has 0 unspecified atom stereocenters. The van der Waals surface area contributed by atoms with Gasteiger partial charge in [-0.1, -0.05) is 6.42 Å². The number of carbonyl (C=O) groups excluding carboxylic acids is 2. The Labute approximate surface area is 135 Å².